The number of fused-ring (bicyclic) bond motifs is 1. The van der Waals surface area contributed by atoms with Crippen LogP contribution >= 0.6 is 11.3 Å². The maximum absolute atomic E-state index is 13.2. The van der Waals surface area contributed by atoms with Crippen LogP contribution in [-0.4, -0.2) is 25.5 Å². The Morgan fingerprint density at radius 3 is 2.48 bits per heavy atom. The van der Waals surface area contributed by atoms with Gasteiger partial charge in [-0.1, -0.05) is 42.5 Å². The lowest BCUT2D eigenvalue weighted by Gasteiger charge is -2.12. The van der Waals surface area contributed by atoms with Crippen molar-refractivity contribution in [1.29, 1.82) is 0 Å². The van der Waals surface area contributed by atoms with Gasteiger partial charge in [-0.05, 0) is 29.6 Å². The van der Waals surface area contributed by atoms with E-state index < -0.39 is 5.91 Å². The highest BCUT2D eigenvalue weighted by Crippen LogP contribution is 2.18. The van der Waals surface area contributed by atoms with E-state index in [4.69, 9.17) is 0 Å². The van der Waals surface area contributed by atoms with Gasteiger partial charge in [0.2, 0.25) is 0 Å². The average Bonchev–Trinajstić information content (AvgIpc) is 3.47. The van der Waals surface area contributed by atoms with Gasteiger partial charge in [0.25, 0.3) is 11.5 Å². The number of carbonyl (C=O) groups excluding carboxylic acids is 1. The Hall–Kier alpha value is -4.04. The van der Waals surface area contributed by atoms with Gasteiger partial charge in [0.1, 0.15) is 5.82 Å². The van der Waals surface area contributed by atoms with Crippen LogP contribution in [0.15, 0.2) is 89.2 Å². The van der Waals surface area contributed by atoms with E-state index in [9.17, 15) is 9.59 Å². The molecule has 31 heavy (non-hydrogen) atoms. The molecule has 0 aliphatic heterocycles. The van der Waals surface area contributed by atoms with Crippen molar-refractivity contribution in [1.82, 2.24) is 19.6 Å². The zero-order chi connectivity index (χ0) is 21.2. The highest BCUT2D eigenvalue weighted by molar-refractivity contribution is 7.09. The molecule has 7 nitrogen and oxygen atoms in total. The number of nitrogens with one attached hydrogen (secondary N) is 1. The molecular formula is C23H17N5O2S. The van der Waals surface area contributed by atoms with E-state index in [1.807, 2.05) is 35.7 Å². The predicted octanol–water partition coefficient (Wildman–Crippen LogP) is 3.94. The van der Waals surface area contributed by atoms with E-state index in [0.29, 0.717) is 28.8 Å². The molecule has 0 spiro atoms. The first-order valence-corrected chi connectivity index (χ1v) is 10.5. The van der Waals surface area contributed by atoms with E-state index in [1.165, 1.54) is 4.68 Å². The highest BCUT2D eigenvalue weighted by atomic mass is 32.1. The number of carbonyl (C=O) groups is 1. The summed E-state index contributed by atoms with van der Waals surface area (Å²) >= 11 is 1.62. The number of para-hydroxylation sites is 1. The summed E-state index contributed by atoms with van der Waals surface area (Å²) < 4.78 is 2.99. The molecule has 152 valence electrons. The number of anilines is 1. The first-order chi connectivity index (χ1) is 15.2. The maximum atomic E-state index is 13.2. The van der Waals surface area contributed by atoms with E-state index in [0.717, 1.165) is 4.88 Å². The van der Waals surface area contributed by atoms with E-state index in [-0.39, 0.29) is 11.3 Å². The summed E-state index contributed by atoms with van der Waals surface area (Å²) in [7, 11) is 0. The summed E-state index contributed by atoms with van der Waals surface area (Å²) in [5.41, 5.74) is 0.485. The van der Waals surface area contributed by atoms with Crippen molar-refractivity contribution in [3.8, 4) is 5.69 Å². The van der Waals surface area contributed by atoms with Gasteiger partial charge < -0.3 is 5.32 Å². The number of rotatable bonds is 5. The molecular weight excluding hydrogens is 410 g/mol. The third-order valence-electron chi connectivity index (χ3n) is 4.86. The normalized spacial score (nSPS) is 11.0. The first kappa shape index (κ1) is 19.0. The molecule has 0 aliphatic rings. The Balaban J connectivity index is 1.56. The molecule has 3 heterocycles. The second-order valence-corrected chi connectivity index (χ2v) is 7.89. The Bertz CT molecular complexity index is 1420. The molecule has 8 heteroatoms. The minimum atomic E-state index is -0.409. The maximum Gasteiger partial charge on any atom is 0.279 e. The zero-order valence-electron chi connectivity index (χ0n) is 16.3. The van der Waals surface area contributed by atoms with Crippen LogP contribution in [0.5, 0.6) is 0 Å². The van der Waals surface area contributed by atoms with Crippen LogP contribution in [0, 0.1) is 0 Å². The van der Waals surface area contributed by atoms with Crippen molar-refractivity contribution in [3.05, 3.63) is 105 Å². The second-order valence-electron chi connectivity index (χ2n) is 6.85. The van der Waals surface area contributed by atoms with Gasteiger partial charge in [0, 0.05) is 16.3 Å². The smallest absolute Gasteiger partial charge is 0.279 e. The molecule has 0 fully saturated rings. The van der Waals surface area contributed by atoms with Gasteiger partial charge in [-0.25, -0.2) is 4.68 Å². The van der Waals surface area contributed by atoms with Crippen molar-refractivity contribution in [2.45, 2.75) is 6.54 Å². The molecule has 0 saturated carbocycles. The lowest BCUT2D eigenvalue weighted by molar-refractivity contribution is 0.102. The van der Waals surface area contributed by atoms with Crippen molar-refractivity contribution in [3.63, 3.8) is 0 Å². The summed E-state index contributed by atoms with van der Waals surface area (Å²) in [5.74, 6) is 0.149. The summed E-state index contributed by atoms with van der Waals surface area (Å²) in [4.78, 5) is 27.4. The lowest BCUT2D eigenvalue weighted by atomic mass is 10.1. The van der Waals surface area contributed by atoms with Crippen LogP contribution in [0.4, 0.5) is 5.82 Å². The quantitative estimate of drug-likeness (QED) is 0.461. The number of hydrogen-bond donors (Lipinski definition) is 1. The zero-order valence-corrected chi connectivity index (χ0v) is 17.1. The van der Waals surface area contributed by atoms with Gasteiger partial charge in [0.15, 0.2) is 5.69 Å². The fourth-order valence-electron chi connectivity index (χ4n) is 3.39. The molecule has 5 rings (SSSR count). The first-order valence-electron chi connectivity index (χ1n) is 9.64. The number of hydrogen-bond acceptors (Lipinski definition) is 5. The minimum Gasteiger partial charge on any atom is -0.305 e. The SMILES string of the molecule is O=C(Nc1ccnn1Cc1cccs1)c1nn(-c2ccccc2)c(=O)c2ccccc12. The van der Waals surface area contributed by atoms with Crippen molar-refractivity contribution < 1.29 is 4.79 Å². The van der Waals surface area contributed by atoms with Crippen LogP contribution in [0.2, 0.25) is 0 Å². The van der Waals surface area contributed by atoms with Gasteiger partial charge in [-0.2, -0.15) is 14.9 Å². The van der Waals surface area contributed by atoms with E-state index >= 15 is 0 Å². The summed E-state index contributed by atoms with van der Waals surface area (Å²) in [6.07, 6.45) is 1.64. The van der Waals surface area contributed by atoms with Crippen LogP contribution < -0.4 is 10.9 Å². The number of amides is 1. The Morgan fingerprint density at radius 2 is 1.71 bits per heavy atom. The standard InChI is InChI=1S/C23H17N5O2S/c29-22(25-20-12-13-24-27(20)15-17-9-6-14-31-17)21-18-10-4-5-11-19(18)23(30)28(26-21)16-7-2-1-3-8-16/h1-14H,15H2,(H,25,29). The van der Waals surface area contributed by atoms with Crippen LogP contribution in [0.3, 0.4) is 0 Å². The molecule has 1 N–H and O–H groups in total. The highest BCUT2D eigenvalue weighted by Gasteiger charge is 2.19. The molecule has 1 amide bonds. The molecule has 0 aliphatic carbocycles. The third kappa shape index (κ3) is 3.64. The number of aromatic nitrogens is 4. The average molecular weight is 427 g/mol. The van der Waals surface area contributed by atoms with Gasteiger partial charge in [0.05, 0.1) is 23.8 Å². The number of thiophene rings is 1. The molecule has 2 aromatic carbocycles. The summed E-state index contributed by atoms with van der Waals surface area (Å²) in [5, 5.41) is 14.6. The van der Waals surface area contributed by atoms with E-state index in [1.54, 1.807) is 64.7 Å². The largest absolute Gasteiger partial charge is 0.305 e. The van der Waals surface area contributed by atoms with Crippen molar-refractivity contribution in [2.75, 3.05) is 5.32 Å². The van der Waals surface area contributed by atoms with Gasteiger partial charge in [-0.15, -0.1) is 11.3 Å². The van der Waals surface area contributed by atoms with Crippen molar-refractivity contribution in [2.24, 2.45) is 0 Å². The van der Waals surface area contributed by atoms with Gasteiger partial charge in [-0.3, -0.25) is 9.59 Å². The number of nitrogens with zero attached hydrogens (tertiary/aromatic N) is 4. The van der Waals surface area contributed by atoms with Crippen LogP contribution in [0.25, 0.3) is 16.5 Å². The minimum absolute atomic E-state index is 0.169. The molecule has 0 radical (unpaired) electrons. The second kappa shape index (κ2) is 8.00. The molecule has 0 unspecified atom stereocenters. The fourth-order valence-corrected chi connectivity index (χ4v) is 4.08. The van der Waals surface area contributed by atoms with Gasteiger partial charge >= 0.3 is 0 Å². The van der Waals surface area contributed by atoms with Crippen molar-refractivity contribution >= 4 is 33.8 Å². The summed E-state index contributed by atoms with van der Waals surface area (Å²) in [6, 6.07) is 21.8. The topological polar surface area (TPSA) is 81.8 Å². The predicted molar refractivity (Wildman–Crippen MR) is 121 cm³/mol. The Morgan fingerprint density at radius 1 is 0.935 bits per heavy atom. The molecule has 5 aromatic rings. The summed E-state index contributed by atoms with van der Waals surface area (Å²) in [6.45, 7) is 0.554. The van der Waals surface area contributed by atoms with Crippen LogP contribution in [-0.2, 0) is 6.54 Å². The molecule has 0 bridgehead atoms. The lowest BCUT2D eigenvalue weighted by Crippen LogP contribution is -2.27. The Labute approximate surface area is 181 Å². The number of benzene rings is 2. The molecule has 0 saturated heterocycles. The molecule has 3 aromatic heterocycles. The monoisotopic (exact) mass is 427 g/mol. The van der Waals surface area contributed by atoms with Crippen LogP contribution in [0.1, 0.15) is 15.4 Å². The fraction of sp³-hybridized carbons (Fsp3) is 0.0435. The van der Waals surface area contributed by atoms with E-state index in [2.05, 4.69) is 15.5 Å². The third-order valence-corrected chi connectivity index (χ3v) is 5.73. The Kier molecular flexibility index (Phi) is 4.89. The molecule has 0 atom stereocenters.